The molecule has 1 aromatic carbocycles. The number of benzene rings is 1. The Hall–Kier alpha value is -2.06. The number of aromatic nitrogens is 3. The van der Waals surface area contributed by atoms with Gasteiger partial charge in [-0.15, -0.1) is 5.10 Å². The van der Waals surface area contributed by atoms with Gasteiger partial charge in [-0.25, -0.2) is 9.89 Å². The molecule has 1 aromatic heterocycles. The van der Waals surface area contributed by atoms with Crippen LogP contribution in [-0.2, 0) is 16.1 Å². The van der Waals surface area contributed by atoms with Gasteiger partial charge in [0.15, 0.2) is 5.16 Å². The average molecular weight is 362 g/mol. The lowest BCUT2D eigenvalue weighted by Gasteiger charge is -2.16. The Morgan fingerprint density at radius 3 is 2.88 bits per heavy atom. The van der Waals surface area contributed by atoms with Gasteiger partial charge in [0.2, 0.25) is 5.91 Å². The molecule has 7 nitrogen and oxygen atoms in total. The van der Waals surface area contributed by atoms with Crippen LogP contribution in [0.2, 0.25) is 0 Å². The second-order valence-corrected chi connectivity index (χ2v) is 7.07. The number of carbonyl (C=O) groups is 1. The van der Waals surface area contributed by atoms with E-state index in [0.717, 1.165) is 18.4 Å². The third kappa shape index (κ3) is 4.73. The van der Waals surface area contributed by atoms with Crippen LogP contribution >= 0.6 is 11.8 Å². The number of methoxy groups -OCH3 is 1. The molecule has 1 aliphatic carbocycles. The standard InChI is InChI=1S/C17H22N4O3S/c1-24-11-5-10-21-16(23)19-20-17(21)25-14(12-6-3-2-4-7-12)15(22)18-13-8-9-13/h2-4,6-7,13-14H,5,8-11H2,1H3,(H,18,22)(H,19,23). The van der Waals surface area contributed by atoms with Crippen LogP contribution in [0, 0.1) is 0 Å². The summed E-state index contributed by atoms with van der Waals surface area (Å²) >= 11 is 1.29. The van der Waals surface area contributed by atoms with Crippen LogP contribution in [-0.4, -0.2) is 40.4 Å². The van der Waals surface area contributed by atoms with Gasteiger partial charge in [-0.3, -0.25) is 9.36 Å². The quantitative estimate of drug-likeness (QED) is 0.524. The fourth-order valence-corrected chi connectivity index (χ4v) is 3.55. The minimum Gasteiger partial charge on any atom is -0.385 e. The Bertz CT molecular complexity index is 755. The molecule has 134 valence electrons. The molecule has 0 radical (unpaired) electrons. The van der Waals surface area contributed by atoms with Crippen LogP contribution in [0.1, 0.15) is 30.1 Å². The summed E-state index contributed by atoms with van der Waals surface area (Å²) in [6.07, 6.45) is 2.76. The van der Waals surface area contributed by atoms with Crippen molar-refractivity contribution >= 4 is 17.7 Å². The predicted molar refractivity (Wildman–Crippen MR) is 95.5 cm³/mol. The lowest BCUT2D eigenvalue weighted by Crippen LogP contribution is -2.30. The number of carbonyl (C=O) groups excluding carboxylic acids is 1. The van der Waals surface area contributed by atoms with Crippen molar-refractivity contribution in [1.29, 1.82) is 0 Å². The highest BCUT2D eigenvalue weighted by Gasteiger charge is 2.30. The van der Waals surface area contributed by atoms with Gasteiger partial charge < -0.3 is 10.1 Å². The largest absolute Gasteiger partial charge is 0.385 e. The normalized spacial score (nSPS) is 15.1. The Balaban J connectivity index is 1.80. The molecule has 0 bridgehead atoms. The van der Waals surface area contributed by atoms with Gasteiger partial charge in [0.05, 0.1) is 0 Å². The minimum atomic E-state index is -0.446. The zero-order valence-electron chi connectivity index (χ0n) is 14.1. The first kappa shape index (κ1) is 17.8. The first-order valence-corrected chi connectivity index (χ1v) is 9.23. The van der Waals surface area contributed by atoms with Crippen LogP contribution in [0.4, 0.5) is 0 Å². The summed E-state index contributed by atoms with van der Waals surface area (Å²) in [6.45, 7) is 1.06. The number of rotatable bonds is 9. The van der Waals surface area contributed by atoms with Crippen LogP contribution in [0.5, 0.6) is 0 Å². The zero-order chi connectivity index (χ0) is 17.6. The molecule has 0 saturated heterocycles. The van der Waals surface area contributed by atoms with E-state index in [1.807, 2.05) is 30.3 Å². The van der Waals surface area contributed by atoms with E-state index in [2.05, 4.69) is 15.5 Å². The topological polar surface area (TPSA) is 89.0 Å². The molecule has 1 amide bonds. The zero-order valence-corrected chi connectivity index (χ0v) is 14.9. The highest BCUT2D eigenvalue weighted by molar-refractivity contribution is 8.00. The molecule has 3 rings (SSSR count). The Labute approximate surface area is 150 Å². The molecule has 1 aliphatic rings. The number of hydrogen-bond acceptors (Lipinski definition) is 5. The number of hydrogen-bond donors (Lipinski definition) is 2. The van der Waals surface area contributed by atoms with E-state index in [1.54, 1.807) is 11.7 Å². The molecule has 1 heterocycles. The lowest BCUT2D eigenvalue weighted by molar-refractivity contribution is -0.120. The molecule has 8 heteroatoms. The third-order valence-corrected chi connectivity index (χ3v) is 5.19. The molecule has 1 unspecified atom stereocenters. The number of nitrogens with one attached hydrogen (secondary N) is 2. The van der Waals surface area contributed by atoms with Gasteiger partial charge >= 0.3 is 5.69 Å². The lowest BCUT2D eigenvalue weighted by atomic mass is 10.1. The van der Waals surface area contributed by atoms with E-state index in [-0.39, 0.29) is 17.6 Å². The van der Waals surface area contributed by atoms with Crippen molar-refractivity contribution < 1.29 is 9.53 Å². The molecule has 1 saturated carbocycles. The number of H-pyrrole nitrogens is 1. The highest BCUT2D eigenvalue weighted by Crippen LogP contribution is 2.35. The fourth-order valence-electron chi connectivity index (χ4n) is 2.47. The van der Waals surface area contributed by atoms with Gasteiger partial charge in [-0.05, 0) is 24.8 Å². The molecule has 2 N–H and O–H groups in total. The molecule has 0 aliphatic heterocycles. The number of thioether (sulfide) groups is 1. The molecule has 2 aromatic rings. The molecule has 1 atom stereocenters. The van der Waals surface area contributed by atoms with Crippen molar-refractivity contribution in [2.45, 2.75) is 42.3 Å². The van der Waals surface area contributed by atoms with E-state index in [4.69, 9.17) is 4.74 Å². The van der Waals surface area contributed by atoms with Gasteiger partial charge in [0.25, 0.3) is 0 Å². The Morgan fingerprint density at radius 1 is 1.44 bits per heavy atom. The molecule has 0 spiro atoms. The van der Waals surface area contributed by atoms with Crippen molar-refractivity contribution in [3.63, 3.8) is 0 Å². The van der Waals surface area contributed by atoms with E-state index >= 15 is 0 Å². The van der Waals surface area contributed by atoms with Gasteiger partial charge in [0, 0.05) is 26.3 Å². The third-order valence-electron chi connectivity index (χ3n) is 3.94. The number of ether oxygens (including phenoxy) is 1. The Kier molecular flexibility index (Phi) is 5.93. The highest BCUT2D eigenvalue weighted by atomic mass is 32.2. The monoisotopic (exact) mass is 362 g/mol. The van der Waals surface area contributed by atoms with Crippen LogP contribution < -0.4 is 11.0 Å². The maximum atomic E-state index is 12.7. The number of nitrogens with zero attached hydrogens (tertiary/aromatic N) is 2. The average Bonchev–Trinajstić information content (AvgIpc) is 3.37. The van der Waals surface area contributed by atoms with E-state index < -0.39 is 5.25 Å². The first-order valence-electron chi connectivity index (χ1n) is 8.35. The summed E-state index contributed by atoms with van der Waals surface area (Å²) in [6, 6.07) is 9.85. The van der Waals surface area contributed by atoms with Crippen molar-refractivity contribution in [1.82, 2.24) is 20.1 Å². The second kappa shape index (κ2) is 8.35. The van der Waals surface area contributed by atoms with Crippen LogP contribution in [0.25, 0.3) is 0 Å². The first-order chi connectivity index (χ1) is 12.2. The summed E-state index contributed by atoms with van der Waals surface area (Å²) in [4.78, 5) is 24.7. The van der Waals surface area contributed by atoms with Gasteiger partial charge in [0.1, 0.15) is 5.25 Å². The van der Waals surface area contributed by atoms with E-state index in [1.165, 1.54) is 11.8 Å². The fraction of sp³-hybridized carbons (Fsp3) is 0.471. The van der Waals surface area contributed by atoms with Crippen LogP contribution in [0.15, 0.2) is 40.3 Å². The second-order valence-electron chi connectivity index (χ2n) is 6.00. The number of amides is 1. The molecular weight excluding hydrogens is 340 g/mol. The van der Waals surface area contributed by atoms with E-state index in [9.17, 15) is 9.59 Å². The van der Waals surface area contributed by atoms with Gasteiger partial charge in [-0.1, -0.05) is 42.1 Å². The maximum Gasteiger partial charge on any atom is 0.343 e. The maximum absolute atomic E-state index is 12.7. The molecule has 1 fully saturated rings. The summed E-state index contributed by atoms with van der Waals surface area (Å²) in [5, 5.41) is 9.70. The van der Waals surface area contributed by atoms with Crippen molar-refractivity contribution in [2.75, 3.05) is 13.7 Å². The number of aromatic amines is 1. The van der Waals surface area contributed by atoms with Gasteiger partial charge in [-0.2, -0.15) is 0 Å². The Morgan fingerprint density at radius 2 is 2.20 bits per heavy atom. The van der Waals surface area contributed by atoms with Crippen molar-refractivity contribution in [3.05, 3.63) is 46.4 Å². The van der Waals surface area contributed by atoms with Crippen molar-refractivity contribution in [2.24, 2.45) is 0 Å². The van der Waals surface area contributed by atoms with Crippen LogP contribution in [0.3, 0.4) is 0 Å². The molecular formula is C17H22N4O3S. The van der Waals surface area contributed by atoms with E-state index in [0.29, 0.717) is 24.7 Å². The predicted octanol–water partition coefficient (Wildman–Crippen LogP) is 1.72. The SMILES string of the molecule is COCCCn1c(SC(C(=O)NC2CC2)c2ccccc2)n[nH]c1=O. The smallest absolute Gasteiger partial charge is 0.343 e. The molecule has 25 heavy (non-hydrogen) atoms. The minimum absolute atomic E-state index is 0.0439. The summed E-state index contributed by atoms with van der Waals surface area (Å²) in [5.74, 6) is -0.0439. The summed E-state index contributed by atoms with van der Waals surface area (Å²) < 4.78 is 6.60. The summed E-state index contributed by atoms with van der Waals surface area (Å²) in [5.41, 5.74) is 0.623. The van der Waals surface area contributed by atoms with Crippen molar-refractivity contribution in [3.8, 4) is 0 Å². The summed E-state index contributed by atoms with van der Waals surface area (Å²) in [7, 11) is 1.63.